The van der Waals surface area contributed by atoms with Crippen LogP contribution in [0.25, 0.3) is 0 Å². The first kappa shape index (κ1) is 15.0. The molecule has 2 rings (SSSR count). The lowest BCUT2D eigenvalue weighted by Crippen LogP contribution is -2.35. The number of ether oxygens (including phenoxy) is 1. The lowest BCUT2D eigenvalue weighted by atomic mass is 9.86. The average molecular weight is 276 g/mol. The summed E-state index contributed by atoms with van der Waals surface area (Å²) in [6, 6.07) is 6.76. The van der Waals surface area contributed by atoms with E-state index in [-0.39, 0.29) is 6.10 Å². The van der Waals surface area contributed by atoms with E-state index >= 15 is 0 Å². The molecule has 2 atom stereocenters. The van der Waals surface area contributed by atoms with Gasteiger partial charge in [0.25, 0.3) is 0 Å². The summed E-state index contributed by atoms with van der Waals surface area (Å²) in [7, 11) is 2.19. The van der Waals surface area contributed by atoms with Gasteiger partial charge in [0.2, 0.25) is 0 Å². The van der Waals surface area contributed by atoms with Gasteiger partial charge in [-0.1, -0.05) is 19.8 Å². The van der Waals surface area contributed by atoms with Crippen molar-refractivity contribution in [1.29, 1.82) is 0 Å². The van der Waals surface area contributed by atoms with Crippen LogP contribution in [0.4, 0.5) is 11.4 Å². The SMILES string of the molecule is CC1CCCC(N(C)c2ccc(N)c(OC(C)C)c2)C1. The van der Waals surface area contributed by atoms with Gasteiger partial charge in [-0.25, -0.2) is 0 Å². The van der Waals surface area contributed by atoms with E-state index in [0.29, 0.717) is 11.7 Å². The molecule has 1 aromatic rings. The number of nitrogens with zero attached hydrogens (tertiary/aromatic N) is 1. The number of nitrogen functional groups attached to an aromatic ring is 1. The van der Waals surface area contributed by atoms with Gasteiger partial charge in [0.05, 0.1) is 11.8 Å². The molecule has 20 heavy (non-hydrogen) atoms. The van der Waals surface area contributed by atoms with Crippen molar-refractivity contribution in [3.05, 3.63) is 18.2 Å². The molecule has 3 heteroatoms. The molecule has 3 nitrogen and oxygen atoms in total. The molecule has 1 aliphatic carbocycles. The fourth-order valence-electron chi connectivity index (χ4n) is 3.06. The Kier molecular flexibility index (Phi) is 4.79. The monoisotopic (exact) mass is 276 g/mol. The Bertz CT molecular complexity index is 445. The van der Waals surface area contributed by atoms with Crippen LogP contribution in [0.2, 0.25) is 0 Å². The van der Waals surface area contributed by atoms with Gasteiger partial charge in [-0.15, -0.1) is 0 Å². The molecule has 1 aromatic carbocycles. The van der Waals surface area contributed by atoms with Crippen LogP contribution in [0, 0.1) is 5.92 Å². The minimum absolute atomic E-state index is 0.146. The van der Waals surface area contributed by atoms with E-state index < -0.39 is 0 Å². The highest BCUT2D eigenvalue weighted by molar-refractivity contribution is 5.62. The van der Waals surface area contributed by atoms with Crippen molar-refractivity contribution in [1.82, 2.24) is 0 Å². The van der Waals surface area contributed by atoms with Crippen molar-refractivity contribution >= 4 is 11.4 Å². The number of rotatable bonds is 4. The van der Waals surface area contributed by atoms with Crippen LogP contribution in [-0.2, 0) is 0 Å². The van der Waals surface area contributed by atoms with Crippen LogP contribution in [-0.4, -0.2) is 19.2 Å². The molecule has 0 aliphatic heterocycles. The summed E-state index contributed by atoms with van der Waals surface area (Å²) < 4.78 is 5.79. The van der Waals surface area contributed by atoms with Crippen molar-refractivity contribution in [3.8, 4) is 5.75 Å². The number of anilines is 2. The second-order valence-electron chi connectivity index (χ2n) is 6.43. The predicted octanol–water partition coefficient (Wildman–Crippen LogP) is 4.07. The summed E-state index contributed by atoms with van der Waals surface area (Å²) >= 11 is 0. The maximum Gasteiger partial charge on any atom is 0.144 e. The van der Waals surface area contributed by atoms with E-state index in [4.69, 9.17) is 10.5 Å². The number of hydrogen-bond acceptors (Lipinski definition) is 3. The molecule has 0 amide bonds. The van der Waals surface area contributed by atoms with Gasteiger partial charge in [-0.2, -0.15) is 0 Å². The summed E-state index contributed by atoms with van der Waals surface area (Å²) in [4.78, 5) is 2.39. The van der Waals surface area contributed by atoms with Gasteiger partial charge in [0.1, 0.15) is 5.75 Å². The van der Waals surface area contributed by atoms with Gasteiger partial charge < -0.3 is 15.4 Å². The first-order valence-corrected chi connectivity index (χ1v) is 7.76. The zero-order valence-corrected chi connectivity index (χ0v) is 13.2. The molecular weight excluding hydrogens is 248 g/mol. The van der Waals surface area contributed by atoms with Crippen LogP contribution in [0.3, 0.4) is 0 Å². The van der Waals surface area contributed by atoms with Gasteiger partial charge in [-0.3, -0.25) is 0 Å². The molecule has 0 heterocycles. The molecule has 1 saturated carbocycles. The van der Waals surface area contributed by atoms with E-state index in [1.807, 2.05) is 19.9 Å². The zero-order chi connectivity index (χ0) is 14.7. The molecule has 0 aromatic heterocycles. The normalized spacial score (nSPS) is 22.9. The smallest absolute Gasteiger partial charge is 0.144 e. The van der Waals surface area contributed by atoms with Crippen molar-refractivity contribution in [2.24, 2.45) is 5.92 Å². The molecule has 1 aliphatic rings. The lowest BCUT2D eigenvalue weighted by molar-refractivity contribution is 0.244. The third-order valence-electron chi connectivity index (χ3n) is 4.22. The number of hydrogen-bond donors (Lipinski definition) is 1. The largest absolute Gasteiger partial charge is 0.489 e. The Labute approximate surface area is 123 Å². The topological polar surface area (TPSA) is 38.5 Å². The molecule has 0 spiro atoms. The van der Waals surface area contributed by atoms with Gasteiger partial charge in [0.15, 0.2) is 0 Å². The van der Waals surface area contributed by atoms with Crippen molar-refractivity contribution < 1.29 is 4.74 Å². The van der Waals surface area contributed by atoms with Crippen molar-refractivity contribution in [2.75, 3.05) is 17.7 Å². The van der Waals surface area contributed by atoms with E-state index in [2.05, 4.69) is 31.0 Å². The fourth-order valence-corrected chi connectivity index (χ4v) is 3.06. The molecule has 2 N–H and O–H groups in total. The average Bonchev–Trinajstić information content (AvgIpc) is 2.40. The highest BCUT2D eigenvalue weighted by Gasteiger charge is 2.23. The van der Waals surface area contributed by atoms with E-state index in [0.717, 1.165) is 11.7 Å². The van der Waals surface area contributed by atoms with Crippen LogP contribution in [0.15, 0.2) is 18.2 Å². The Morgan fingerprint density at radius 1 is 1.30 bits per heavy atom. The summed E-state index contributed by atoms with van der Waals surface area (Å²) in [5.41, 5.74) is 7.91. The first-order valence-electron chi connectivity index (χ1n) is 7.76. The summed E-state index contributed by atoms with van der Waals surface area (Å²) in [6.07, 6.45) is 5.41. The van der Waals surface area contributed by atoms with Gasteiger partial charge in [-0.05, 0) is 44.7 Å². The lowest BCUT2D eigenvalue weighted by Gasteiger charge is -2.35. The summed E-state index contributed by atoms with van der Waals surface area (Å²) in [5, 5.41) is 0. The second-order valence-corrected chi connectivity index (χ2v) is 6.43. The van der Waals surface area contributed by atoms with Crippen LogP contribution in [0.5, 0.6) is 5.75 Å². The van der Waals surface area contributed by atoms with Gasteiger partial charge >= 0.3 is 0 Å². The highest BCUT2D eigenvalue weighted by atomic mass is 16.5. The molecule has 0 saturated heterocycles. The highest BCUT2D eigenvalue weighted by Crippen LogP contribution is 2.33. The minimum atomic E-state index is 0.146. The second kappa shape index (κ2) is 6.38. The Balaban J connectivity index is 2.14. The zero-order valence-electron chi connectivity index (χ0n) is 13.2. The quantitative estimate of drug-likeness (QED) is 0.842. The minimum Gasteiger partial charge on any atom is -0.489 e. The Morgan fingerprint density at radius 3 is 2.70 bits per heavy atom. The maximum absolute atomic E-state index is 5.99. The first-order chi connectivity index (χ1) is 9.47. The molecule has 0 radical (unpaired) electrons. The molecule has 2 unspecified atom stereocenters. The van der Waals surface area contributed by atoms with Gasteiger partial charge in [0, 0.05) is 24.8 Å². The third-order valence-corrected chi connectivity index (χ3v) is 4.22. The van der Waals surface area contributed by atoms with Crippen LogP contribution >= 0.6 is 0 Å². The number of nitrogens with two attached hydrogens (primary N) is 1. The van der Waals surface area contributed by atoms with Crippen molar-refractivity contribution in [2.45, 2.75) is 58.6 Å². The standard InChI is InChI=1S/C17H28N2O/c1-12(2)20-17-11-15(8-9-16(17)18)19(4)14-7-5-6-13(3)10-14/h8-9,11-14H,5-7,10,18H2,1-4H3. The molecule has 0 bridgehead atoms. The Hall–Kier alpha value is -1.38. The molecule has 112 valence electrons. The van der Waals surface area contributed by atoms with E-state index in [1.165, 1.54) is 31.4 Å². The van der Waals surface area contributed by atoms with Crippen molar-refractivity contribution in [3.63, 3.8) is 0 Å². The Morgan fingerprint density at radius 2 is 2.05 bits per heavy atom. The summed E-state index contributed by atoms with van der Waals surface area (Å²) in [5.74, 6) is 1.63. The molecular formula is C17H28N2O. The fraction of sp³-hybridized carbons (Fsp3) is 0.647. The van der Waals surface area contributed by atoms with Crippen LogP contribution in [0.1, 0.15) is 46.5 Å². The summed E-state index contributed by atoms with van der Waals surface area (Å²) in [6.45, 7) is 6.41. The van der Waals surface area contributed by atoms with E-state index in [1.54, 1.807) is 0 Å². The van der Waals surface area contributed by atoms with Crippen LogP contribution < -0.4 is 15.4 Å². The number of benzene rings is 1. The van der Waals surface area contributed by atoms with E-state index in [9.17, 15) is 0 Å². The maximum atomic E-state index is 5.99. The third kappa shape index (κ3) is 3.59. The molecule has 1 fully saturated rings. The predicted molar refractivity (Wildman–Crippen MR) is 86.4 cm³/mol.